The minimum atomic E-state index is -4.63. The van der Waals surface area contributed by atoms with Crippen molar-refractivity contribution in [3.05, 3.63) is 29.3 Å². The van der Waals surface area contributed by atoms with E-state index in [0.29, 0.717) is 6.07 Å². The molecule has 1 saturated heterocycles. The summed E-state index contributed by atoms with van der Waals surface area (Å²) in [4.78, 5) is 12.6. The quantitative estimate of drug-likeness (QED) is 0.895. The monoisotopic (exact) mass is 323 g/mol. The fraction of sp³-hybridized carbons (Fsp3) is 0.417. The zero-order chi connectivity index (χ0) is 15.8. The van der Waals surface area contributed by atoms with Gasteiger partial charge in [0.05, 0.1) is 28.3 Å². The van der Waals surface area contributed by atoms with Gasteiger partial charge in [-0.2, -0.15) is 13.2 Å². The molecule has 1 fully saturated rings. The fourth-order valence-electron chi connectivity index (χ4n) is 2.11. The molecule has 0 unspecified atom stereocenters. The molecule has 1 heterocycles. The molecule has 1 aliphatic rings. The molecule has 0 radical (unpaired) electrons. The topological polar surface area (TPSA) is 74.7 Å². The largest absolute Gasteiger partial charge is 0.478 e. The third-order valence-electron chi connectivity index (χ3n) is 3.24. The summed E-state index contributed by atoms with van der Waals surface area (Å²) in [5, 5.41) is 9.08. The van der Waals surface area contributed by atoms with Gasteiger partial charge in [0.15, 0.2) is 9.84 Å². The van der Waals surface area contributed by atoms with Crippen LogP contribution in [-0.2, 0) is 16.0 Å². The number of alkyl halides is 3. The molecule has 0 spiro atoms. The normalized spacial score (nSPS) is 18.5. The number of carboxylic acid groups (broad SMARTS) is 1. The summed E-state index contributed by atoms with van der Waals surface area (Å²) in [5.41, 5.74) is -1.43. The summed E-state index contributed by atoms with van der Waals surface area (Å²) in [5.74, 6) is -1.77. The third kappa shape index (κ3) is 3.46. The van der Waals surface area contributed by atoms with Crippen molar-refractivity contribution < 1.29 is 31.5 Å². The Morgan fingerprint density at radius 3 is 2.24 bits per heavy atom. The number of sulfone groups is 1. The lowest BCUT2D eigenvalue weighted by Crippen LogP contribution is -2.41. The van der Waals surface area contributed by atoms with Crippen molar-refractivity contribution >= 4 is 21.5 Å². The van der Waals surface area contributed by atoms with E-state index in [1.54, 1.807) is 0 Å². The second-order valence-corrected chi connectivity index (χ2v) is 6.98. The van der Waals surface area contributed by atoms with Gasteiger partial charge in [-0.1, -0.05) is 0 Å². The predicted molar refractivity (Wildman–Crippen MR) is 69.3 cm³/mol. The average molecular weight is 323 g/mol. The Hall–Kier alpha value is -1.77. The molecular formula is C12H12F3NO4S. The lowest BCUT2D eigenvalue weighted by atomic mass is 10.1. The number of hydrogen-bond acceptors (Lipinski definition) is 4. The van der Waals surface area contributed by atoms with E-state index in [4.69, 9.17) is 5.11 Å². The summed E-state index contributed by atoms with van der Waals surface area (Å²) in [6.07, 6.45) is -4.63. The standard InChI is InChI=1S/C12H12F3NO4S/c13-12(14,15)8-1-2-10(9(7-8)11(17)18)16-3-5-21(19,20)6-4-16/h1-2,7H,3-6H2,(H,17,18). The van der Waals surface area contributed by atoms with Gasteiger partial charge in [0.1, 0.15) is 0 Å². The molecule has 116 valence electrons. The third-order valence-corrected chi connectivity index (χ3v) is 4.85. The SMILES string of the molecule is O=C(O)c1cc(C(F)(F)F)ccc1N1CCS(=O)(=O)CC1. The van der Waals surface area contributed by atoms with Crippen molar-refractivity contribution in [2.24, 2.45) is 0 Å². The van der Waals surface area contributed by atoms with Gasteiger partial charge in [-0.05, 0) is 18.2 Å². The fourth-order valence-corrected chi connectivity index (χ4v) is 3.31. The molecule has 0 bridgehead atoms. The molecular weight excluding hydrogens is 311 g/mol. The summed E-state index contributed by atoms with van der Waals surface area (Å²) in [7, 11) is -3.16. The Labute approximate surface area is 118 Å². The first-order valence-corrected chi connectivity index (χ1v) is 7.82. The van der Waals surface area contributed by atoms with E-state index in [2.05, 4.69) is 0 Å². The summed E-state index contributed by atoms with van der Waals surface area (Å²) < 4.78 is 60.5. The van der Waals surface area contributed by atoms with Crippen molar-refractivity contribution in [3.63, 3.8) is 0 Å². The highest BCUT2D eigenvalue weighted by Crippen LogP contribution is 2.33. The van der Waals surface area contributed by atoms with Crippen LogP contribution >= 0.6 is 0 Å². The Morgan fingerprint density at radius 1 is 1.19 bits per heavy atom. The maximum atomic E-state index is 12.6. The van der Waals surface area contributed by atoms with Gasteiger partial charge in [-0.25, -0.2) is 13.2 Å². The zero-order valence-corrected chi connectivity index (χ0v) is 11.5. The highest BCUT2D eigenvalue weighted by atomic mass is 32.2. The van der Waals surface area contributed by atoms with Crippen LogP contribution < -0.4 is 4.90 Å². The van der Waals surface area contributed by atoms with Gasteiger partial charge >= 0.3 is 12.1 Å². The van der Waals surface area contributed by atoms with Crippen molar-refractivity contribution in [2.75, 3.05) is 29.5 Å². The van der Waals surface area contributed by atoms with Gasteiger partial charge in [-0.15, -0.1) is 0 Å². The maximum Gasteiger partial charge on any atom is 0.416 e. The molecule has 0 aromatic heterocycles. The van der Waals surface area contributed by atoms with Crippen molar-refractivity contribution in [1.29, 1.82) is 0 Å². The van der Waals surface area contributed by atoms with Crippen LogP contribution in [0.2, 0.25) is 0 Å². The minimum absolute atomic E-state index is 0.0635. The van der Waals surface area contributed by atoms with Crippen LogP contribution in [0.15, 0.2) is 18.2 Å². The molecule has 1 N–H and O–H groups in total. The van der Waals surface area contributed by atoms with Crippen LogP contribution in [0.4, 0.5) is 18.9 Å². The van der Waals surface area contributed by atoms with E-state index in [0.717, 1.165) is 12.1 Å². The van der Waals surface area contributed by atoms with Crippen LogP contribution in [0, 0.1) is 0 Å². The van der Waals surface area contributed by atoms with E-state index in [-0.39, 0.29) is 30.3 Å². The molecule has 9 heteroatoms. The van der Waals surface area contributed by atoms with Crippen LogP contribution in [0.25, 0.3) is 0 Å². The van der Waals surface area contributed by atoms with E-state index < -0.39 is 33.1 Å². The van der Waals surface area contributed by atoms with Crippen LogP contribution in [0.3, 0.4) is 0 Å². The lowest BCUT2D eigenvalue weighted by molar-refractivity contribution is -0.137. The second kappa shape index (κ2) is 5.21. The molecule has 0 saturated carbocycles. The molecule has 21 heavy (non-hydrogen) atoms. The van der Waals surface area contributed by atoms with Crippen molar-refractivity contribution in [2.45, 2.75) is 6.18 Å². The molecule has 0 amide bonds. The van der Waals surface area contributed by atoms with Crippen LogP contribution in [-0.4, -0.2) is 44.1 Å². The highest BCUT2D eigenvalue weighted by molar-refractivity contribution is 7.91. The smallest absolute Gasteiger partial charge is 0.416 e. The summed E-state index contributed by atoms with van der Waals surface area (Å²) in [6.45, 7) is 0.127. The Morgan fingerprint density at radius 2 is 1.76 bits per heavy atom. The minimum Gasteiger partial charge on any atom is -0.478 e. The molecule has 0 aliphatic carbocycles. The Balaban J connectivity index is 2.38. The summed E-state index contributed by atoms with van der Waals surface area (Å²) in [6, 6.07) is 2.44. The van der Waals surface area contributed by atoms with Crippen LogP contribution in [0.1, 0.15) is 15.9 Å². The molecule has 1 aromatic carbocycles. The van der Waals surface area contributed by atoms with Gasteiger partial charge < -0.3 is 10.0 Å². The Kier molecular flexibility index (Phi) is 3.87. The first-order chi connectivity index (χ1) is 9.60. The van der Waals surface area contributed by atoms with Gasteiger partial charge in [0, 0.05) is 13.1 Å². The van der Waals surface area contributed by atoms with Crippen molar-refractivity contribution in [3.8, 4) is 0 Å². The number of hydrogen-bond donors (Lipinski definition) is 1. The number of rotatable bonds is 2. The number of carboxylic acids is 1. The molecule has 1 aromatic rings. The van der Waals surface area contributed by atoms with E-state index >= 15 is 0 Å². The number of carbonyl (C=O) groups is 1. The van der Waals surface area contributed by atoms with Crippen molar-refractivity contribution in [1.82, 2.24) is 0 Å². The predicted octanol–water partition coefficient (Wildman–Crippen LogP) is 1.64. The number of aromatic carboxylic acids is 1. The number of anilines is 1. The van der Waals surface area contributed by atoms with Crippen LogP contribution in [0.5, 0.6) is 0 Å². The van der Waals surface area contributed by atoms with E-state index in [1.165, 1.54) is 4.90 Å². The van der Waals surface area contributed by atoms with Gasteiger partial charge in [0.2, 0.25) is 0 Å². The number of nitrogens with zero attached hydrogens (tertiary/aromatic N) is 1. The molecule has 5 nitrogen and oxygen atoms in total. The second-order valence-electron chi connectivity index (χ2n) is 4.67. The van der Waals surface area contributed by atoms with Gasteiger partial charge in [0.25, 0.3) is 0 Å². The lowest BCUT2D eigenvalue weighted by Gasteiger charge is -2.30. The first-order valence-electron chi connectivity index (χ1n) is 6.00. The molecule has 0 atom stereocenters. The molecule has 1 aliphatic heterocycles. The molecule has 2 rings (SSSR count). The van der Waals surface area contributed by atoms with E-state index in [1.807, 2.05) is 0 Å². The van der Waals surface area contributed by atoms with E-state index in [9.17, 15) is 26.4 Å². The van der Waals surface area contributed by atoms with Gasteiger partial charge in [-0.3, -0.25) is 0 Å². The maximum absolute atomic E-state index is 12.6. The number of benzene rings is 1. The highest BCUT2D eigenvalue weighted by Gasteiger charge is 2.33. The first kappa shape index (κ1) is 15.6. The Bertz CT molecular complexity index is 656. The summed E-state index contributed by atoms with van der Waals surface area (Å²) >= 11 is 0. The zero-order valence-electron chi connectivity index (χ0n) is 10.7. The average Bonchev–Trinajstić information content (AvgIpc) is 2.37. The number of halogens is 3.